The molecular formula is C30H26Cl2N6O2. The number of anilines is 1. The van der Waals surface area contributed by atoms with Crippen LogP contribution in [0.15, 0.2) is 101 Å². The molecule has 40 heavy (non-hydrogen) atoms. The van der Waals surface area contributed by atoms with Crippen molar-refractivity contribution in [2.24, 2.45) is 0 Å². The topological polar surface area (TPSA) is 91.3 Å². The minimum absolute atomic E-state index is 0.0969. The standard InChI is InChI=1S/C30H26Cl2N6O2/c31-21-11-13-26(38-17-28(32)35-36-38)23(15-21)25-16-29(39)37(18-33-25)27(14-19-6-2-1-3-7-19)30(40)34-24-12-10-20-8-4-5-9-22(20)24/h1-9,11,13,15-18,24,27,35-36H,10,12,14H2,(H,34,40)/t24?,27-/m0/s1. The fraction of sp³-hybridized carbons (Fsp3) is 0.167. The molecule has 1 unspecified atom stereocenters. The number of rotatable bonds is 7. The van der Waals surface area contributed by atoms with Gasteiger partial charge in [-0.1, -0.05) is 77.8 Å². The predicted molar refractivity (Wildman–Crippen MR) is 156 cm³/mol. The molecule has 4 aromatic rings. The van der Waals surface area contributed by atoms with Gasteiger partial charge in [0.15, 0.2) is 0 Å². The second kappa shape index (κ2) is 11.2. The first-order valence-electron chi connectivity index (χ1n) is 12.9. The van der Waals surface area contributed by atoms with Crippen molar-refractivity contribution in [1.82, 2.24) is 25.8 Å². The molecule has 1 aliphatic carbocycles. The zero-order valence-electron chi connectivity index (χ0n) is 21.4. The highest BCUT2D eigenvalue weighted by Crippen LogP contribution is 2.33. The molecule has 1 amide bonds. The van der Waals surface area contributed by atoms with Crippen molar-refractivity contribution in [2.45, 2.75) is 31.3 Å². The number of hydrogen-bond donors (Lipinski definition) is 3. The molecule has 6 rings (SSSR count). The molecule has 8 nitrogen and oxygen atoms in total. The Morgan fingerprint density at radius 3 is 2.62 bits per heavy atom. The molecule has 1 aliphatic heterocycles. The maximum atomic E-state index is 13.8. The fourth-order valence-electron chi connectivity index (χ4n) is 5.27. The molecule has 1 aromatic heterocycles. The van der Waals surface area contributed by atoms with Crippen molar-refractivity contribution in [3.05, 3.63) is 129 Å². The van der Waals surface area contributed by atoms with Crippen molar-refractivity contribution in [3.63, 3.8) is 0 Å². The van der Waals surface area contributed by atoms with Crippen LogP contribution in [0.2, 0.25) is 5.02 Å². The number of nitrogens with zero attached hydrogens (tertiary/aromatic N) is 3. The van der Waals surface area contributed by atoms with Crippen molar-refractivity contribution < 1.29 is 4.79 Å². The van der Waals surface area contributed by atoms with E-state index in [1.54, 1.807) is 29.4 Å². The van der Waals surface area contributed by atoms with Crippen LogP contribution in [-0.4, -0.2) is 15.5 Å². The molecule has 0 radical (unpaired) electrons. The third kappa shape index (κ3) is 5.34. The van der Waals surface area contributed by atoms with E-state index in [-0.39, 0.29) is 17.5 Å². The number of hydrazine groups is 2. The Hall–Kier alpha value is -4.11. The van der Waals surface area contributed by atoms with E-state index in [0.29, 0.717) is 33.5 Å². The van der Waals surface area contributed by atoms with E-state index < -0.39 is 6.04 Å². The van der Waals surface area contributed by atoms with Gasteiger partial charge in [-0.2, -0.15) is 0 Å². The lowest BCUT2D eigenvalue weighted by Crippen LogP contribution is -2.39. The maximum Gasteiger partial charge on any atom is 0.254 e. The van der Waals surface area contributed by atoms with E-state index in [1.807, 2.05) is 42.5 Å². The highest BCUT2D eigenvalue weighted by Gasteiger charge is 2.29. The first-order chi connectivity index (χ1) is 19.5. The van der Waals surface area contributed by atoms with Gasteiger partial charge in [-0.3, -0.25) is 24.6 Å². The van der Waals surface area contributed by atoms with E-state index in [2.05, 4.69) is 33.4 Å². The first-order valence-corrected chi connectivity index (χ1v) is 13.7. The number of halogens is 2. The van der Waals surface area contributed by atoms with Crippen LogP contribution in [0.1, 0.15) is 35.2 Å². The molecular weight excluding hydrogens is 547 g/mol. The molecule has 2 aliphatic rings. The summed E-state index contributed by atoms with van der Waals surface area (Å²) in [4.78, 5) is 32.0. The summed E-state index contributed by atoms with van der Waals surface area (Å²) in [5, 5.41) is 5.77. The number of hydrogen-bond acceptors (Lipinski definition) is 6. The number of aryl methyl sites for hydroxylation is 1. The van der Waals surface area contributed by atoms with Gasteiger partial charge in [-0.15, -0.1) is 5.53 Å². The van der Waals surface area contributed by atoms with Gasteiger partial charge in [0.05, 0.1) is 30.0 Å². The first kappa shape index (κ1) is 26.1. The Bertz CT molecular complexity index is 1660. The minimum Gasteiger partial charge on any atom is -0.347 e. The molecule has 0 spiro atoms. The number of benzene rings is 3. The Balaban J connectivity index is 1.34. The SMILES string of the molecule is O=C(NC1CCc2ccccc21)[C@H](Cc1ccccc1)n1cnc(-c2cc(Cl)ccc2N2C=C(Cl)NN2)cc1=O. The van der Waals surface area contributed by atoms with Gasteiger partial charge in [0.25, 0.3) is 5.56 Å². The number of nitrogens with one attached hydrogen (secondary N) is 3. The van der Waals surface area contributed by atoms with Crippen LogP contribution >= 0.6 is 23.2 Å². The third-order valence-electron chi connectivity index (χ3n) is 7.23. The Morgan fingerprint density at radius 2 is 1.85 bits per heavy atom. The Morgan fingerprint density at radius 1 is 1.05 bits per heavy atom. The zero-order valence-corrected chi connectivity index (χ0v) is 22.9. The van der Waals surface area contributed by atoms with E-state index in [4.69, 9.17) is 23.2 Å². The highest BCUT2D eigenvalue weighted by molar-refractivity contribution is 6.31. The normalized spacial score (nSPS) is 16.7. The number of fused-ring (bicyclic) bond motifs is 1. The third-order valence-corrected chi connectivity index (χ3v) is 7.66. The lowest BCUT2D eigenvalue weighted by Gasteiger charge is -2.23. The van der Waals surface area contributed by atoms with Gasteiger partial charge in [-0.25, -0.2) is 4.98 Å². The van der Waals surface area contributed by atoms with E-state index in [1.165, 1.54) is 22.5 Å². The molecule has 202 valence electrons. The fourth-order valence-corrected chi connectivity index (χ4v) is 5.58. The van der Waals surface area contributed by atoms with Gasteiger partial charge in [0.1, 0.15) is 11.2 Å². The smallest absolute Gasteiger partial charge is 0.254 e. The average molecular weight is 573 g/mol. The van der Waals surface area contributed by atoms with Crippen LogP contribution in [0.3, 0.4) is 0 Å². The number of carbonyl (C=O) groups excluding carboxylic acids is 1. The summed E-state index contributed by atoms with van der Waals surface area (Å²) in [6.45, 7) is 0. The van der Waals surface area contributed by atoms with Gasteiger partial charge < -0.3 is 5.32 Å². The number of carbonyl (C=O) groups is 1. The molecule has 2 heterocycles. The van der Waals surface area contributed by atoms with Crippen molar-refractivity contribution >= 4 is 34.8 Å². The maximum absolute atomic E-state index is 13.8. The van der Waals surface area contributed by atoms with Gasteiger partial charge in [0, 0.05) is 23.1 Å². The quantitative estimate of drug-likeness (QED) is 0.269. The van der Waals surface area contributed by atoms with Crippen molar-refractivity contribution in [3.8, 4) is 11.3 Å². The van der Waals surface area contributed by atoms with Crippen LogP contribution in [0.5, 0.6) is 0 Å². The summed E-state index contributed by atoms with van der Waals surface area (Å²) < 4.78 is 1.41. The predicted octanol–water partition coefficient (Wildman–Crippen LogP) is 5.02. The summed E-state index contributed by atoms with van der Waals surface area (Å²) in [5.74, 6) is -0.224. The van der Waals surface area contributed by atoms with Crippen LogP contribution in [0.25, 0.3) is 11.3 Å². The van der Waals surface area contributed by atoms with Crippen molar-refractivity contribution in [2.75, 3.05) is 5.01 Å². The number of amides is 1. The summed E-state index contributed by atoms with van der Waals surface area (Å²) in [6.07, 6.45) is 5.18. The molecule has 3 aromatic carbocycles. The Kier molecular flexibility index (Phi) is 7.30. The summed E-state index contributed by atoms with van der Waals surface area (Å²) in [6, 6.07) is 23.6. The minimum atomic E-state index is -0.783. The summed E-state index contributed by atoms with van der Waals surface area (Å²) >= 11 is 12.4. The molecule has 0 saturated carbocycles. The van der Waals surface area contributed by atoms with Crippen LogP contribution < -0.4 is 26.8 Å². The van der Waals surface area contributed by atoms with Gasteiger partial charge >= 0.3 is 0 Å². The lowest BCUT2D eigenvalue weighted by atomic mass is 10.0. The van der Waals surface area contributed by atoms with Gasteiger partial charge in [-0.05, 0) is 47.7 Å². The van der Waals surface area contributed by atoms with E-state index >= 15 is 0 Å². The average Bonchev–Trinajstić information content (AvgIpc) is 3.58. The van der Waals surface area contributed by atoms with Gasteiger partial charge in [0.2, 0.25) is 5.91 Å². The van der Waals surface area contributed by atoms with Crippen LogP contribution in [-0.2, 0) is 17.6 Å². The second-order valence-electron chi connectivity index (χ2n) is 9.77. The monoisotopic (exact) mass is 572 g/mol. The van der Waals surface area contributed by atoms with E-state index in [0.717, 1.165) is 24.0 Å². The summed E-state index contributed by atoms with van der Waals surface area (Å²) in [5.41, 5.74) is 10.4. The van der Waals surface area contributed by atoms with Crippen LogP contribution in [0.4, 0.5) is 5.69 Å². The molecule has 0 fully saturated rings. The number of aromatic nitrogens is 2. The zero-order chi connectivity index (χ0) is 27.6. The second-order valence-corrected chi connectivity index (χ2v) is 10.6. The van der Waals surface area contributed by atoms with Crippen LogP contribution in [0, 0.1) is 0 Å². The summed E-state index contributed by atoms with van der Waals surface area (Å²) in [7, 11) is 0. The molecule has 2 atom stereocenters. The van der Waals surface area contributed by atoms with E-state index in [9.17, 15) is 9.59 Å². The molecule has 0 bridgehead atoms. The molecule has 3 N–H and O–H groups in total. The Labute approximate surface area is 241 Å². The highest BCUT2D eigenvalue weighted by atomic mass is 35.5. The molecule has 10 heteroatoms. The lowest BCUT2D eigenvalue weighted by molar-refractivity contribution is -0.125. The largest absolute Gasteiger partial charge is 0.347 e. The molecule has 0 saturated heterocycles. The van der Waals surface area contributed by atoms with Crippen molar-refractivity contribution in [1.29, 1.82) is 0 Å².